The van der Waals surface area contributed by atoms with Crippen LogP contribution >= 0.6 is 0 Å². The van der Waals surface area contributed by atoms with Gasteiger partial charge in [-0.15, -0.1) is 0 Å². The molecule has 0 bridgehead atoms. The molecule has 2 aromatic heterocycles. The minimum Gasteiger partial charge on any atom is -0.497 e. The van der Waals surface area contributed by atoms with Gasteiger partial charge < -0.3 is 19.1 Å². The molecule has 0 spiro atoms. The lowest BCUT2D eigenvalue weighted by Crippen LogP contribution is -2.43. The summed E-state index contributed by atoms with van der Waals surface area (Å²) in [6.45, 7) is 4.55. The molecular formula is C22H28N6O3. The first-order valence-corrected chi connectivity index (χ1v) is 10.9. The van der Waals surface area contributed by atoms with E-state index in [4.69, 9.17) is 9.72 Å². The molecule has 0 saturated carbocycles. The zero-order valence-corrected chi connectivity index (χ0v) is 18.1. The van der Waals surface area contributed by atoms with E-state index >= 15 is 0 Å². The topological polar surface area (TPSA) is 77.5 Å². The lowest BCUT2D eigenvalue weighted by molar-refractivity contribution is 0.218. The average Bonchev–Trinajstić information content (AvgIpc) is 3.38. The first kappa shape index (κ1) is 19.9. The predicted molar refractivity (Wildman–Crippen MR) is 120 cm³/mol. The standard InChI is InChI=1S/C22H28N6O3/c1-24-19-18(20(29)28(22(24)30)12-11-25-9-4-3-5-10-25)27-14-13-26(21(27)23-19)16-7-6-8-17(15-16)31-2/h6-8,15H,3-5,9-14H2,1-2H3. The van der Waals surface area contributed by atoms with Gasteiger partial charge in [0.2, 0.25) is 5.95 Å². The number of methoxy groups -OCH3 is 1. The van der Waals surface area contributed by atoms with Gasteiger partial charge in [0.25, 0.3) is 5.56 Å². The number of benzene rings is 1. The smallest absolute Gasteiger partial charge is 0.332 e. The lowest BCUT2D eigenvalue weighted by Gasteiger charge is -2.26. The van der Waals surface area contributed by atoms with Gasteiger partial charge in [-0.1, -0.05) is 12.5 Å². The molecule has 2 aliphatic rings. The molecule has 1 saturated heterocycles. The number of aryl methyl sites for hydroxylation is 1. The summed E-state index contributed by atoms with van der Waals surface area (Å²) < 4.78 is 10.2. The molecule has 0 unspecified atom stereocenters. The third-order valence-corrected chi connectivity index (χ3v) is 6.45. The minimum atomic E-state index is -0.306. The number of aromatic nitrogens is 4. The van der Waals surface area contributed by atoms with Crippen molar-refractivity contribution in [2.24, 2.45) is 7.05 Å². The third-order valence-electron chi connectivity index (χ3n) is 6.45. The summed E-state index contributed by atoms with van der Waals surface area (Å²) in [6, 6.07) is 7.77. The summed E-state index contributed by atoms with van der Waals surface area (Å²) >= 11 is 0. The Morgan fingerprint density at radius 1 is 1.03 bits per heavy atom. The second-order valence-electron chi connectivity index (χ2n) is 8.29. The number of nitrogens with zero attached hydrogens (tertiary/aromatic N) is 6. The summed E-state index contributed by atoms with van der Waals surface area (Å²) in [5.41, 5.74) is 1.33. The van der Waals surface area contributed by atoms with Gasteiger partial charge in [0, 0.05) is 45.0 Å². The van der Waals surface area contributed by atoms with Crippen LogP contribution in [0.1, 0.15) is 19.3 Å². The quantitative estimate of drug-likeness (QED) is 0.618. The van der Waals surface area contributed by atoms with Crippen molar-refractivity contribution >= 4 is 22.8 Å². The summed E-state index contributed by atoms with van der Waals surface area (Å²) in [5.74, 6) is 1.45. The molecule has 0 atom stereocenters. The Kier molecular flexibility index (Phi) is 5.05. The number of ether oxygens (including phenoxy) is 1. The van der Waals surface area contributed by atoms with Gasteiger partial charge in [0.1, 0.15) is 5.75 Å². The maximum absolute atomic E-state index is 13.4. The fourth-order valence-electron chi connectivity index (χ4n) is 4.72. The van der Waals surface area contributed by atoms with Crippen LogP contribution in [0.25, 0.3) is 11.2 Å². The highest BCUT2D eigenvalue weighted by Crippen LogP contribution is 2.33. The van der Waals surface area contributed by atoms with Crippen LogP contribution in [0.2, 0.25) is 0 Å². The fourth-order valence-corrected chi connectivity index (χ4v) is 4.72. The van der Waals surface area contributed by atoms with Crippen LogP contribution in [0.4, 0.5) is 11.6 Å². The van der Waals surface area contributed by atoms with Crippen LogP contribution in [-0.2, 0) is 20.1 Å². The van der Waals surface area contributed by atoms with E-state index in [0.29, 0.717) is 36.7 Å². The van der Waals surface area contributed by atoms with Crippen molar-refractivity contribution in [1.29, 1.82) is 0 Å². The maximum atomic E-state index is 13.4. The van der Waals surface area contributed by atoms with Gasteiger partial charge in [-0.3, -0.25) is 13.9 Å². The van der Waals surface area contributed by atoms with Gasteiger partial charge in [-0.25, -0.2) is 4.79 Å². The number of fused-ring (bicyclic) bond motifs is 3. The number of hydrogen-bond acceptors (Lipinski definition) is 6. The molecule has 0 radical (unpaired) electrons. The van der Waals surface area contributed by atoms with Crippen LogP contribution in [0, 0.1) is 0 Å². The van der Waals surface area contributed by atoms with E-state index < -0.39 is 0 Å². The summed E-state index contributed by atoms with van der Waals surface area (Å²) in [5, 5.41) is 0. The van der Waals surface area contributed by atoms with Crippen LogP contribution < -0.4 is 20.9 Å². The Morgan fingerprint density at radius 2 is 1.84 bits per heavy atom. The second-order valence-corrected chi connectivity index (χ2v) is 8.29. The minimum absolute atomic E-state index is 0.249. The van der Waals surface area contributed by atoms with E-state index in [1.165, 1.54) is 28.4 Å². The van der Waals surface area contributed by atoms with Gasteiger partial charge >= 0.3 is 5.69 Å². The molecule has 9 heteroatoms. The zero-order chi connectivity index (χ0) is 21.5. The molecule has 31 heavy (non-hydrogen) atoms. The van der Waals surface area contributed by atoms with E-state index in [1.54, 1.807) is 14.2 Å². The number of imidazole rings is 1. The van der Waals surface area contributed by atoms with Gasteiger partial charge in [0.05, 0.1) is 7.11 Å². The largest absolute Gasteiger partial charge is 0.497 e. The van der Waals surface area contributed by atoms with E-state index in [1.807, 2.05) is 28.8 Å². The highest BCUT2D eigenvalue weighted by Gasteiger charge is 2.29. The fraction of sp³-hybridized carbons (Fsp3) is 0.500. The highest BCUT2D eigenvalue weighted by atomic mass is 16.5. The Balaban J connectivity index is 1.55. The van der Waals surface area contributed by atoms with Crippen molar-refractivity contribution in [3.63, 3.8) is 0 Å². The molecular weight excluding hydrogens is 396 g/mol. The van der Waals surface area contributed by atoms with Crippen LogP contribution in [-0.4, -0.2) is 56.9 Å². The number of piperidine rings is 1. The van der Waals surface area contributed by atoms with E-state index in [9.17, 15) is 9.59 Å². The molecule has 164 valence electrons. The molecule has 1 aromatic carbocycles. The lowest BCUT2D eigenvalue weighted by atomic mass is 10.1. The van der Waals surface area contributed by atoms with Crippen molar-refractivity contribution in [1.82, 2.24) is 23.6 Å². The zero-order valence-electron chi connectivity index (χ0n) is 18.1. The van der Waals surface area contributed by atoms with Crippen molar-refractivity contribution in [2.75, 3.05) is 38.2 Å². The Bertz CT molecular complexity index is 1230. The van der Waals surface area contributed by atoms with Gasteiger partial charge in [-0.05, 0) is 38.1 Å². The first-order chi connectivity index (χ1) is 15.1. The van der Waals surface area contributed by atoms with Gasteiger partial charge in [0.15, 0.2) is 11.2 Å². The van der Waals surface area contributed by atoms with Crippen molar-refractivity contribution in [3.8, 4) is 5.75 Å². The summed E-state index contributed by atoms with van der Waals surface area (Å²) in [7, 11) is 3.33. The average molecular weight is 425 g/mol. The summed E-state index contributed by atoms with van der Waals surface area (Å²) in [4.78, 5) is 35.4. The Hall–Kier alpha value is -3.07. The molecule has 1 fully saturated rings. The number of anilines is 2. The third kappa shape index (κ3) is 3.33. The Morgan fingerprint density at radius 3 is 2.61 bits per heavy atom. The molecule has 4 heterocycles. The number of rotatable bonds is 5. The van der Waals surface area contributed by atoms with Crippen LogP contribution in [0.3, 0.4) is 0 Å². The number of hydrogen-bond donors (Lipinski definition) is 0. The van der Waals surface area contributed by atoms with Crippen LogP contribution in [0.5, 0.6) is 5.75 Å². The first-order valence-electron chi connectivity index (χ1n) is 10.9. The van der Waals surface area contributed by atoms with E-state index in [2.05, 4.69) is 9.80 Å². The molecule has 9 nitrogen and oxygen atoms in total. The van der Waals surface area contributed by atoms with Crippen molar-refractivity contribution < 1.29 is 4.74 Å². The highest BCUT2D eigenvalue weighted by molar-refractivity contribution is 5.78. The van der Waals surface area contributed by atoms with Gasteiger partial charge in [-0.2, -0.15) is 4.98 Å². The molecule has 0 aliphatic carbocycles. The monoisotopic (exact) mass is 424 g/mol. The predicted octanol–water partition coefficient (Wildman–Crippen LogP) is 1.54. The van der Waals surface area contributed by atoms with Crippen molar-refractivity contribution in [2.45, 2.75) is 32.4 Å². The molecule has 0 amide bonds. The SMILES string of the molecule is COc1cccc(N2CCn3c2nc2c3c(=O)n(CCN3CCCCC3)c(=O)n2C)c1. The number of likely N-dealkylation sites (tertiary alicyclic amines) is 1. The van der Waals surface area contributed by atoms with Crippen molar-refractivity contribution in [3.05, 3.63) is 45.1 Å². The molecule has 2 aliphatic heterocycles. The molecule has 5 rings (SSSR count). The summed E-state index contributed by atoms with van der Waals surface area (Å²) in [6.07, 6.45) is 3.63. The maximum Gasteiger partial charge on any atom is 0.332 e. The Labute approximate surface area is 180 Å². The second kappa shape index (κ2) is 7.88. The normalized spacial score (nSPS) is 16.8. The molecule has 3 aromatic rings. The van der Waals surface area contributed by atoms with E-state index in [0.717, 1.165) is 31.1 Å². The van der Waals surface area contributed by atoms with E-state index in [-0.39, 0.29) is 11.2 Å². The van der Waals surface area contributed by atoms with Crippen LogP contribution in [0.15, 0.2) is 33.9 Å². The molecule has 0 N–H and O–H groups in total.